The number of benzene rings is 1. The van der Waals surface area contributed by atoms with Gasteiger partial charge in [0.1, 0.15) is 5.88 Å². The number of carbonyl (C=O) groups is 1. The summed E-state index contributed by atoms with van der Waals surface area (Å²) in [6, 6.07) is 7.66. The predicted molar refractivity (Wildman–Crippen MR) is 53.7 cm³/mol. The first kappa shape index (κ1) is 9.86. The molecular formula is C9H11ClN2O. The largest absolute Gasteiger partial charge is 0.299 e. The molecule has 70 valence electrons. The highest BCUT2D eigenvalue weighted by Gasteiger charge is 1.95. The molecule has 0 atom stereocenters. The summed E-state index contributed by atoms with van der Waals surface area (Å²) in [6.07, 6.45) is 0. The number of hydrazine groups is 1. The minimum absolute atomic E-state index is 0.0428. The number of amides is 1. The lowest BCUT2D eigenvalue weighted by Gasteiger charge is -2.06. The first-order chi connectivity index (χ1) is 6.22. The number of hydrogen-bond acceptors (Lipinski definition) is 2. The molecule has 1 amide bonds. The van der Waals surface area contributed by atoms with Crippen LogP contribution in [0.4, 0.5) is 5.69 Å². The van der Waals surface area contributed by atoms with Crippen molar-refractivity contribution in [3.05, 3.63) is 29.8 Å². The normalized spacial score (nSPS) is 9.38. The molecule has 0 spiro atoms. The topological polar surface area (TPSA) is 41.1 Å². The molecule has 1 aromatic rings. The minimum Gasteiger partial charge on any atom is -0.299 e. The number of halogens is 1. The number of hydrogen-bond donors (Lipinski definition) is 2. The molecule has 0 unspecified atom stereocenters. The van der Waals surface area contributed by atoms with E-state index in [0.717, 1.165) is 5.69 Å². The molecule has 0 radical (unpaired) electrons. The molecule has 1 aromatic carbocycles. The van der Waals surface area contributed by atoms with Gasteiger partial charge in [-0.25, -0.2) is 0 Å². The van der Waals surface area contributed by atoms with E-state index in [1.807, 2.05) is 31.2 Å². The van der Waals surface area contributed by atoms with Crippen LogP contribution in [0.15, 0.2) is 24.3 Å². The fourth-order valence-electron chi connectivity index (χ4n) is 0.812. The van der Waals surface area contributed by atoms with Crippen molar-refractivity contribution in [3.63, 3.8) is 0 Å². The molecule has 0 aromatic heterocycles. The summed E-state index contributed by atoms with van der Waals surface area (Å²) in [5, 5.41) is 0. The number of nitrogens with one attached hydrogen (secondary N) is 2. The molecule has 0 bridgehead atoms. The second kappa shape index (κ2) is 4.72. The summed E-state index contributed by atoms with van der Waals surface area (Å²) < 4.78 is 0. The Morgan fingerprint density at radius 1 is 1.38 bits per heavy atom. The lowest BCUT2D eigenvalue weighted by molar-refractivity contribution is -0.118. The lowest BCUT2D eigenvalue weighted by Crippen LogP contribution is -2.30. The third kappa shape index (κ3) is 3.34. The lowest BCUT2D eigenvalue weighted by atomic mass is 10.2. The maximum absolute atomic E-state index is 10.7. The highest BCUT2D eigenvalue weighted by atomic mass is 35.5. The van der Waals surface area contributed by atoms with Crippen molar-refractivity contribution in [1.82, 2.24) is 5.43 Å². The molecule has 0 saturated heterocycles. The Bertz CT molecular complexity index is 284. The third-order valence-electron chi connectivity index (χ3n) is 1.52. The van der Waals surface area contributed by atoms with E-state index in [9.17, 15) is 4.79 Å². The molecule has 1 rings (SSSR count). The van der Waals surface area contributed by atoms with Crippen LogP contribution < -0.4 is 10.9 Å². The second-order valence-electron chi connectivity index (χ2n) is 2.67. The zero-order valence-electron chi connectivity index (χ0n) is 7.30. The molecule has 0 aliphatic rings. The van der Waals surface area contributed by atoms with Crippen LogP contribution >= 0.6 is 11.6 Å². The summed E-state index contributed by atoms with van der Waals surface area (Å²) in [7, 11) is 0. The fourth-order valence-corrected chi connectivity index (χ4v) is 0.879. The molecule has 0 heterocycles. The molecule has 2 N–H and O–H groups in total. The van der Waals surface area contributed by atoms with Crippen LogP contribution in [0, 0.1) is 6.92 Å². The van der Waals surface area contributed by atoms with Gasteiger partial charge in [-0.15, -0.1) is 11.6 Å². The van der Waals surface area contributed by atoms with Crippen molar-refractivity contribution >= 4 is 23.2 Å². The van der Waals surface area contributed by atoms with Crippen LogP contribution in [-0.2, 0) is 4.79 Å². The van der Waals surface area contributed by atoms with Crippen molar-refractivity contribution in [2.45, 2.75) is 6.92 Å². The Balaban J connectivity index is 2.46. The van der Waals surface area contributed by atoms with Crippen LogP contribution in [0.3, 0.4) is 0 Å². The van der Waals surface area contributed by atoms with E-state index >= 15 is 0 Å². The van der Waals surface area contributed by atoms with E-state index in [2.05, 4.69) is 10.9 Å². The third-order valence-corrected chi connectivity index (χ3v) is 1.76. The van der Waals surface area contributed by atoms with E-state index in [1.165, 1.54) is 5.56 Å². The monoisotopic (exact) mass is 198 g/mol. The maximum Gasteiger partial charge on any atom is 0.253 e. The number of alkyl halides is 1. The van der Waals surface area contributed by atoms with Crippen LogP contribution in [-0.4, -0.2) is 11.8 Å². The van der Waals surface area contributed by atoms with Crippen LogP contribution in [0.1, 0.15) is 5.56 Å². The van der Waals surface area contributed by atoms with Gasteiger partial charge in [-0.1, -0.05) is 17.7 Å². The Morgan fingerprint density at radius 3 is 2.54 bits per heavy atom. The number of aryl methyl sites for hydroxylation is 1. The number of anilines is 1. The Morgan fingerprint density at radius 2 is 2.00 bits per heavy atom. The van der Waals surface area contributed by atoms with Crippen molar-refractivity contribution in [2.24, 2.45) is 0 Å². The molecule has 3 nitrogen and oxygen atoms in total. The zero-order valence-corrected chi connectivity index (χ0v) is 8.06. The van der Waals surface area contributed by atoms with Gasteiger partial charge in [-0.3, -0.25) is 15.6 Å². The number of rotatable bonds is 3. The minimum atomic E-state index is -0.248. The number of carbonyl (C=O) groups excluding carboxylic acids is 1. The van der Waals surface area contributed by atoms with Gasteiger partial charge in [0, 0.05) is 0 Å². The molecule has 0 aliphatic carbocycles. The van der Waals surface area contributed by atoms with Gasteiger partial charge in [0.2, 0.25) is 0 Å². The van der Waals surface area contributed by atoms with Crippen LogP contribution in [0.25, 0.3) is 0 Å². The SMILES string of the molecule is Cc1ccc(NNC(=O)CCl)cc1. The summed E-state index contributed by atoms with van der Waals surface area (Å²) in [5.74, 6) is -0.291. The van der Waals surface area contributed by atoms with Crippen LogP contribution in [0.2, 0.25) is 0 Å². The second-order valence-corrected chi connectivity index (χ2v) is 2.94. The van der Waals surface area contributed by atoms with Gasteiger partial charge in [-0.2, -0.15) is 0 Å². The predicted octanol–water partition coefficient (Wildman–Crippen LogP) is 1.68. The van der Waals surface area contributed by atoms with Gasteiger partial charge in [-0.05, 0) is 19.1 Å². The van der Waals surface area contributed by atoms with Crippen molar-refractivity contribution in [3.8, 4) is 0 Å². The van der Waals surface area contributed by atoms with Gasteiger partial charge in [0.05, 0.1) is 5.69 Å². The molecule has 0 fully saturated rings. The van der Waals surface area contributed by atoms with Gasteiger partial charge >= 0.3 is 0 Å². The zero-order chi connectivity index (χ0) is 9.68. The van der Waals surface area contributed by atoms with E-state index in [1.54, 1.807) is 0 Å². The van der Waals surface area contributed by atoms with Crippen molar-refractivity contribution in [1.29, 1.82) is 0 Å². The molecule has 0 aliphatic heterocycles. The smallest absolute Gasteiger partial charge is 0.253 e. The Kier molecular flexibility index (Phi) is 3.58. The fraction of sp³-hybridized carbons (Fsp3) is 0.222. The Labute approximate surface area is 82.1 Å². The summed E-state index contributed by atoms with van der Waals surface area (Å²) in [4.78, 5) is 10.7. The maximum atomic E-state index is 10.7. The van der Waals surface area contributed by atoms with E-state index in [-0.39, 0.29) is 11.8 Å². The molecular weight excluding hydrogens is 188 g/mol. The van der Waals surface area contributed by atoms with E-state index in [4.69, 9.17) is 11.6 Å². The van der Waals surface area contributed by atoms with E-state index < -0.39 is 0 Å². The first-order valence-corrected chi connectivity index (χ1v) is 4.43. The standard InChI is InChI=1S/C9H11ClN2O/c1-7-2-4-8(5-3-7)11-12-9(13)6-10/h2-5,11H,6H2,1H3,(H,12,13). The van der Waals surface area contributed by atoms with Gasteiger partial charge in [0.25, 0.3) is 5.91 Å². The molecule has 4 heteroatoms. The van der Waals surface area contributed by atoms with Gasteiger partial charge < -0.3 is 0 Å². The quantitative estimate of drug-likeness (QED) is 0.573. The average Bonchev–Trinajstić information content (AvgIpc) is 2.16. The average molecular weight is 199 g/mol. The molecule has 13 heavy (non-hydrogen) atoms. The Hall–Kier alpha value is -1.22. The first-order valence-electron chi connectivity index (χ1n) is 3.90. The van der Waals surface area contributed by atoms with Gasteiger partial charge in [0.15, 0.2) is 0 Å². The highest BCUT2D eigenvalue weighted by molar-refractivity contribution is 6.27. The molecule has 0 saturated carbocycles. The van der Waals surface area contributed by atoms with Crippen LogP contribution in [0.5, 0.6) is 0 Å². The van der Waals surface area contributed by atoms with Crippen molar-refractivity contribution in [2.75, 3.05) is 11.3 Å². The highest BCUT2D eigenvalue weighted by Crippen LogP contribution is 2.06. The van der Waals surface area contributed by atoms with Crippen molar-refractivity contribution < 1.29 is 4.79 Å². The summed E-state index contributed by atoms with van der Waals surface area (Å²) in [6.45, 7) is 2.00. The summed E-state index contributed by atoms with van der Waals surface area (Å²) >= 11 is 5.29. The summed E-state index contributed by atoms with van der Waals surface area (Å²) in [5.41, 5.74) is 7.20. The van der Waals surface area contributed by atoms with E-state index in [0.29, 0.717) is 0 Å².